The molecule has 0 unspecified atom stereocenters. The molecule has 1 N–H and O–H groups in total. The van der Waals surface area contributed by atoms with Crippen molar-refractivity contribution in [1.29, 1.82) is 0 Å². The van der Waals surface area contributed by atoms with Gasteiger partial charge in [-0.3, -0.25) is 0 Å². The van der Waals surface area contributed by atoms with E-state index in [2.05, 4.69) is 16.0 Å². The van der Waals surface area contributed by atoms with E-state index >= 15 is 0 Å². The van der Waals surface area contributed by atoms with Crippen molar-refractivity contribution in [2.75, 3.05) is 13.7 Å². The van der Waals surface area contributed by atoms with Gasteiger partial charge in [-0.1, -0.05) is 12.0 Å². The van der Waals surface area contributed by atoms with Crippen LogP contribution in [0, 0.1) is 12.3 Å². The molecule has 0 fully saturated rings. The standard InChI is InChI=1S/C12H13F2NO2/c1-3-6-15-8-9-4-5-10(16-2)11(7-9)17-12(13)14/h1,4-5,7,12,15H,6,8H2,2H3. The van der Waals surface area contributed by atoms with Crippen LogP contribution < -0.4 is 14.8 Å². The number of terminal acetylenes is 1. The molecule has 0 amide bonds. The Hall–Kier alpha value is -1.80. The van der Waals surface area contributed by atoms with Crippen LogP contribution in [0.2, 0.25) is 0 Å². The Bertz CT molecular complexity index is 402. The molecular formula is C12H13F2NO2. The van der Waals surface area contributed by atoms with Crippen molar-refractivity contribution in [3.8, 4) is 23.8 Å². The summed E-state index contributed by atoms with van der Waals surface area (Å²) < 4.78 is 33.6. The Morgan fingerprint density at radius 1 is 1.41 bits per heavy atom. The van der Waals surface area contributed by atoms with Gasteiger partial charge in [-0.2, -0.15) is 8.78 Å². The van der Waals surface area contributed by atoms with E-state index in [0.29, 0.717) is 13.1 Å². The minimum atomic E-state index is -2.88. The highest BCUT2D eigenvalue weighted by molar-refractivity contribution is 5.43. The molecule has 0 heterocycles. The van der Waals surface area contributed by atoms with E-state index in [0.717, 1.165) is 5.56 Å². The van der Waals surface area contributed by atoms with Crippen molar-refractivity contribution < 1.29 is 18.3 Å². The fourth-order valence-electron chi connectivity index (χ4n) is 1.30. The molecule has 0 saturated carbocycles. The van der Waals surface area contributed by atoms with Gasteiger partial charge in [0.05, 0.1) is 13.7 Å². The maximum atomic E-state index is 12.2. The number of nitrogens with one attached hydrogen (secondary N) is 1. The lowest BCUT2D eigenvalue weighted by Crippen LogP contribution is -2.13. The lowest BCUT2D eigenvalue weighted by atomic mass is 10.2. The highest BCUT2D eigenvalue weighted by Gasteiger charge is 2.10. The first-order valence-corrected chi connectivity index (χ1v) is 4.93. The first-order chi connectivity index (χ1) is 8.17. The average molecular weight is 241 g/mol. The smallest absolute Gasteiger partial charge is 0.387 e. The average Bonchev–Trinajstić information content (AvgIpc) is 2.29. The van der Waals surface area contributed by atoms with Crippen LogP contribution in [0.25, 0.3) is 0 Å². The molecule has 5 heteroatoms. The third-order valence-corrected chi connectivity index (χ3v) is 2.00. The van der Waals surface area contributed by atoms with Crippen LogP contribution in [0.4, 0.5) is 8.78 Å². The van der Waals surface area contributed by atoms with Gasteiger partial charge in [0.15, 0.2) is 11.5 Å². The number of rotatable bonds is 6. The van der Waals surface area contributed by atoms with E-state index in [4.69, 9.17) is 11.2 Å². The Labute approximate surface area is 98.7 Å². The molecule has 3 nitrogen and oxygen atoms in total. The third-order valence-electron chi connectivity index (χ3n) is 2.00. The number of methoxy groups -OCH3 is 1. The van der Waals surface area contributed by atoms with Gasteiger partial charge in [0.2, 0.25) is 0 Å². The first-order valence-electron chi connectivity index (χ1n) is 4.93. The molecule has 0 aliphatic rings. The largest absolute Gasteiger partial charge is 0.493 e. The SMILES string of the molecule is C#CCNCc1ccc(OC)c(OC(F)F)c1. The molecular weight excluding hydrogens is 228 g/mol. The van der Waals surface area contributed by atoms with E-state index in [1.165, 1.54) is 13.2 Å². The van der Waals surface area contributed by atoms with E-state index in [-0.39, 0.29) is 11.5 Å². The van der Waals surface area contributed by atoms with Crippen molar-refractivity contribution in [3.05, 3.63) is 23.8 Å². The number of ether oxygens (including phenoxy) is 2. The maximum absolute atomic E-state index is 12.2. The molecule has 0 saturated heterocycles. The minimum Gasteiger partial charge on any atom is -0.493 e. The van der Waals surface area contributed by atoms with Gasteiger partial charge >= 0.3 is 6.61 Å². The number of halogens is 2. The summed E-state index contributed by atoms with van der Waals surface area (Å²) in [5, 5.41) is 2.95. The van der Waals surface area contributed by atoms with Crippen LogP contribution in [0.15, 0.2) is 18.2 Å². The van der Waals surface area contributed by atoms with E-state index in [9.17, 15) is 8.78 Å². The summed E-state index contributed by atoms with van der Waals surface area (Å²) in [7, 11) is 1.39. The molecule has 0 aromatic heterocycles. The Morgan fingerprint density at radius 2 is 2.18 bits per heavy atom. The summed E-state index contributed by atoms with van der Waals surface area (Å²) in [6, 6.07) is 4.82. The van der Waals surface area contributed by atoms with Gasteiger partial charge in [-0.25, -0.2) is 0 Å². The van der Waals surface area contributed by atoms with Gasteiger partial charge in [0, 0.05) is 6.54 Å². The number of alkyl halides is 2. The first kappa shape index (κ1) is 13.3. The molecule has 0 aliphatic heterocycles. The predicted molar refractivity (Wildman–Crippen MR) is 60.2 cm³/mol. The predicted octanol–water partition coefficient (Wildman–Crippen LogP) is 2.02. The van der Waals surface area contributed by atoms with Crippen LogP contribution in [0.3, 0.4) is 0 Å². The van der Waals surface area contributed by atoms with Crippen LogP contribution in [0.5, 0.6) is 11.5 Å². The summed E-state index contributed by atoms with van der Waals surface area (Å²) in [6.07, 6.45) is 5.08. The van der Waals surface area contributed by atoms with Crippen molar-refractivity contribution in [2.24, 2.45) is 0 Å². The fourth-order valence-corrected chi connectivity index (χ4v) is 1.30. The summed E-state index contributed by atoms with van der Waals surface area (Å²) in [6.45, 7) is -1.98. The Balaban J connectivity index is 2.77. The third kappa shape index (κ3) is 4.29. The molecule has 0 atom stereocenters. The normalized spacial score (nSPS) is 10.1. The Morgan fingerprint density at radius 3 is 2.76 bits per heavy atom. The van der Waals surface area contributed by atoms with Gasteiger partial charge in [0.25, 0.3) is 0 Å². The molecule has 1 rings (SSSR count). The Kier molecular flexibility index (Phi) is 5.24. The summed E-state index contributed by atoms with van der Waals surface area (Å²) in [5.74, 6) is 2.71. The van der Waals surface area contributed by atoms with Crippen molar-refractivity contribution in [3.63, 3.8) is 0 Å². The maximum Gasteiger partial charge on any atom is 0.387 e. The van der Waals surface area contributed by atoms with Crippen LogP contribution >= 0.6 is 0 Å². The second-order valence-electron chi connectivity index (χ2n) is 3.17. The molecule has 17 heavy (non-hydrogen) atoms. The van der Waals surface area contributed by atoms with E-state index in [1.54, 1.807) is 12.1 Å². The molecule has 0 spiro atoms. The van der Waals surface area contributed by atoms with E-state index in [1.807, 2.05) is 0 Å². The van der Waals surface area contributed by atoms with Gasteiger partial charge < -0.3 is 14.8 Å². The topological polar surface area (TPSA) is 30.5 Å². The zero-order chi connectivity index (χ0) is 12.7. The highest BCUT2D eigenvalue weighted by Crippen LogP contribution is 2.29. The second kappa shape index (κ2) is 6.71. The summed E-state index contributed by atoms with van der Waals surface area (Å²) in [5.41, 5.74) is 0.789. The molecule has 0 radical (unpaired) electrons. The molecule has 92 valence electrons. The molecule has 1 aromatic rings. The van der Waals surface area contributed by atoms with E-state index < -0.39 is 6.61 Å². The number of hydrogen-bond donors (Lipinski definition) is 1. The fraction of sp³-hybridized carbons (Fsp3) is 0.333. The second-order valence-corrected chi connectivity index (χ2v) is 3.17. The zero-order valence-corrected chi connectivity index (χ0v) is 9.37. The molecule has 0 bridgehead atoms. The summed E-state index contributed by atoms with van der Waals surface area (Å²) >= 11 is 0. The van der Waals surface area contributed by atoms with Gasteiger partial charge in [-0.15, -0.1) is 6.42 Å². The van der Waals surface area contributed by atoms with Crippen LogP contribution in [0.1, 0.15) is 5.56 Å². The van der Waals surface area contributed by atoms with Crippen molar-refractivity contribution in [2.45, 2.75) is 13.2 Å². The van der Waals surface area contributed by atoms with Crippen LogP contribution in [-0.2, 0) is 6.54 Å². The number of hydrogen-bond acceptors (Lipinski definition) is 3. The van der Waals surface area contributed by atoms with Crippen molar-refractivity contribution in [1.82, 2.24) is 5.32 Å². The zero-order valence-electron chi connectivity index (χ0n) is 9.37. The molecule has 0 aliphatic carbocycles. The quantitative estimate of drug-likeness (QED) is 0.610. The summed E-state index contributed by atoms with van der Waals surface area (Å²) in [4.78, 5) is 0. The molecule has 1 aromatic carbocycles. The van der Waals surface area contributed by atoms with Gasteiger partial charge in [-0.05, 0) is 17.7 Å². The minimum absolute atomic E-state index is 0.0162. The lowest BCUT2D eigenvalue weighted by molar-refractivity contribution is -0.0512. The van der Waals surface area contributed by atoms with Gasteiger partial charge in [0.1, 0.15) is 0 Å². The monoisotopic (exact) mass is 241 g/mol. The lowest BCUT2D eigenvalue weighted by Gasteiger charge is -2.11. The van der Waals surface area contributed by atoms with Crippen LogP contribution in [-0.4, -0.2) is 20.3 Å². The van der Waals surface area contributed by atoms with Crippen molar-refractivity contribution >= 4 is 0 Å². The number of benzene rings is 1. The highest BCUT2D eigenvalue weighted by atomic mass is 19.3.